The molecule has 0 amide bonds. The van der Waals surface area contributed by atoms with Crippen molar-refractivity contribution in [2.45, 2.75) is 76.7 Å². The van der Waals surface area contributed by atoms with Crippen molar-refractivity contribution in [1.82, 2.24) is 5.32 Å². The summed E-state index contributed by atoms with van der Waals surface area (Å²) in [6, 6.07) is 10.9. The average molecular weight is 357 g/mol. The molecule has 0 radical (unpaired) electrons. The maximum absolute atomic E-state index is 15.8. The van der Waals surface area contributed by atoms with Crippen LogP contribution >= 0.6 is 0 Å². The molecule has 0 aliphatic carbocycles. The van der Waals surface area contributed by atoms with Crippen molar-refractivity contribution in [1.29, 1.82) is 0 Å². The number of fused-ring (bicyclic) bond motifs is 2. The van der Waals surface area contributed by atoms with E-state index in [2.05, 4.69) is 5.32 Å². The molecule has 26 heavy (non-hydrogen) atoms. The van der Waals surface area contributed by atoms with Crippen molar-refractivity contribution in [3.63, 3.8) is 0 Å². The number of hydrogen-bond donors (Lipinski definition) is 1. The van der Waals surface area contributed by atoms with Crippen LogP contribution in [0, 0.1) is 5.92 Å². The van der Waals surface area contributed by atoms with E-state index in [0.717, 1.165) is 24.0 Å². The molecule has 0 saturated carbocycles. The number of rotatable bonds is 3. The minimum atomic E-state index is -0.928. The Kier molecular flexibility index (Phi) is 4.53. The third kappa shape index (κ3) is 3.15. The predicted octanol–water partition coefficient (Wildman–Crippen LogP) is 4.53. The van der Waals surface area contributed by atoms with Gasteiger partial charge in [0.05, 0.1) is 11.2 Å². The van der Waals surface area contributed by atoms with Crippen LogP contribution in [0.5, 0.6) is 0 Å². The lowest BCUT2D eigenvalue weighted by Crippen LogP contribution is -2.41. The third-order valence-electron chi connectivity index (χ3n) is 6.68. The zero-order valence-electron chi connectivity index (χ0n) is 16.2. The van der Waals surface area contributed by atoms with Crippen molar-refractivity contribution in [3.05, 3.63) is 41.6 Å². The second-order valence-corrected chi connectivity index (χ2v) is 9.02. The first-order valence-electron chi connectivity index (χ1n) is 9.83. The van der Waals surface area contributed by atoms with Gasteiger partial charge in [0, 0.05) is 12.1 Å². The van der Waals surface area contributed by atoms with E-state index in [1.807, 2.05) is 58.0 Å². The SMILES string of the molecule is CC1(C)OB(C(F)=C(c2ccccc2)C2CC3CCC(C2)N3)OC1(C)C. The Morgan fingerprint density at radius 2 is 1.54 bits per heavy atom. The van der Waals surface area contributed by atoms with Gasteiger partial charge in [-0.15, -0.1) is 0 Å². The minimum absolute atomic E-state index is 0.204. The van der Waals surface area contributed by atoms with Crippen LogP contribution in [0.25, 0.3) is 5.57 Å². The van der Waals surface area contributed by atoms with Gasteiger partial charge in [0.2, 0.25) is 0 Å². The van der Waals surface area contributed by atoms with Gasteiger partial charge in [0.1, 0.15) is 5.73 Å². The second-order valence-electron chi connectivity index (χ2n) is 9.02. The zero-order chi connectivity index (χ0) is 18.5. The summed E-state index contributed by atoms with van der Waals surface area (Å²) in [7, 11) is -0.928. The highest BCUT2D eigenvalue weighted by Gasteiger charge is 2.54. The van der Waals surface area contributed by atoms with Gasteiger partial charge in [-0.2, -0.15) is 0 Å². The molecule has 3 saturated heterocycles. The van der Waals surface area contributed by atoms with E-state index in [1.54, 1.807) is 0 Å². The maximum atomic E-state index is 15.8. The number of hydrogen-bond acceptors (Lipinski definition) is 3. The molecular formula is C21H29BFNO2. The summed E-state index contributed by atoms with van der Waals surface area (Å²) in [5.41, 5.74) is 0.406. The molecule has 0 spiro atoms. The van der Waals surface area contributed by atoms with E-state index >= 15 is 4.39 Å². The lowest BCUT2D eigenvalue weighted by atomic mass is 9.74. The van der Waals surface area contributed by atoms with Crippen LogP contribution in [-0.4, -0.2) is 30.4 Å². The Bertz CT molecular complexity index is 675. The van der Waals surface area contributed by atoms with Crippen molar-refractivity contribution in [2.75, 3.05) is 0 Å². The van der Waals surface area contributed by atoms with Gasteiger partial charge in [-0.25, -0.2) is 4.39 Å². The van der Waals surface area contributed by atoms with Gasteiger partial charge < -0.3 is 14.6 Å². The van der Waals surface area contributed by atoms with Crippen LogP contribution in [0.4, 0.5) is 4.39 Å². The van der Waals surface area contributed by atoms with Gasteiger partial charge in [0.25, 0.3) is 0 Å². The molecule has 5 heteroatoms. The molecule has 3 fully saturated rings. The first-order chi connectivity index (χ1) is 12.3. The summed E-state index contributed by atoms with van der Waals surface area (Å²) < 4.78 is 27.8. The monoisotopic (exact) mass is 357 g/mol. The molecule has 4 rings (SSSR count). The molecule has 0 aromatic heterocycles. The lowest BCUT2D eigenvalue weighted by Gasteiger charge is -2.32. The molecule has 2 unspecified atom stereocenters. The number of piperidine rings is 1. The maximum Gasteiger partial charge on any atom is 0.525 e. The van der Waals surface area contributed by atoms with E-state index in [0.29, 0.717) is 12.1 Å². The standard InChI is InChI=1S/C21H29BFNO2/c1-20(2)21(3,4)26-22(25-20)19(23)18(14-8-6-5-7-9-14)15-12-16-10-11-17(13-15)24-16/h5-9,15-17,24H,10-13H2,1-4H3. The summed E-state index contributed by atoms with van der Waals surface area (Å²) in [5, 5.41) is 3.65. The largest absolute Gasteiger partial charge is 0.525 e. The number of benzene rings is 1. The molecule has 3 aliphatic heterocycles. The Morgan fingerprint density at radius 1 is 1.00 bits per heavy atom. The van der Waals surface area contributed by atoms with Gasteiger partial charge in [0.15, 0.2) is 0 Å². The van der Waals surface area contributed by atoms with Crippen LogP contribution in [0.15, 0.2) is 36.1 Å². The summed E-state index contributed by atoms with van der Waals surface area (Å²) >= 11 is 0. The van der Waals surface area contributed by atoms with Crippen molar-refractivity contribution in [3.8, 4) is 0 Å². The Morgan fingerprint density at radius 3 is 2.08 bits per heavy atom. The zero-order valence-corrected chi connectivity index (χ0v) is 16.2. The normalized spacial score (nSPS) is 33.3. The summed E-state index contributed by atoms with van der Waals surface area (Å²) in [4.78, 5) is 0. The van der Waals surface area contributed by atoms with E-state index < -0.39 is 18.3 Å². The molecule has 3 nitrogen and oxygen atoms in total. The number of nitrogens with one attached hydrogen (secondary N) is 1. The quantitative estimate of drug-likeness (QED) is 0.807. The summed E-state index contributed by atoms with van der Waals surface area (Å²) in [6.45, 7) is 7.86. The molecule has 2 bridgehead atoms. The molecule has 3 aliphatic rings. The van der Waals surface area contributed by atoms with Crippen molar-refractivity contribution < 1.29 is 13.7 Å². The first-order valence-corrected chi connectivity index (χ1v) is 9.83. The summed E-state index contributed by atoms with van der Waals surface area (Å²) in [6.07, 6.45) is 4.35. The average Bonchev–Trinajstić information content (AvgIpc) is 3.03. The summed E-state index contributed by atoms with van der Waals surface area (Å²) in [5.74, 6) is 0.204. The van der Waals surface area contributed by atoms with E-state index in [1.165, 1.54) is 12.8 Å². The molecular weight excluding hydrogens is 328 g/mol. The molecule has 140 valence electrons. The third-order valence-corrected chi connectivity index (χ3v) is 6.68. The fraction of sp³-hybridized carbons (Fsp3) is 0.619. The van der Waals surface area contributed by atoms with E-state index in [9.17, 15) is 0 Å². The molecule has 1 aromatic rings. The fourth-order valence-corrected chi connectivity index (χ4v) is 4.55. The smallest absolute Gasteiger partial charge is 0.398 e. The fourth-order valence-electron chi connectivity index (χ4n) is 4.55. The number of halogens is 1. The predicted molar refractivity (Wildman–Crippen MR) is 103 cm³/mol. The minimum Gasteiger partial charge on any atom is -0.398 e. The molecule has 1 N–H and O–H groups in total. The van der Waals surface area contributed by atoms with Crippen molar-refractivity contribution in [2.24, 2.45) is 5.92 Å². The van der Waals surface area contributed by atoms with Gasteiger partial charge in [-0.3, -0.25) is 0 Å². The van der Waals surface area contributed by atoms with E-state index in [4.69, 9.17) is 9.31 Å². The van der Waals surface area contributed by atoms with Crippen LogP contribution in [-0.2, 0) is 9.31 Å². The Balaban J connectivity index is 1.72. The van der Waals surface area contributed by atoms with Crippen LogP contribution in [0.1, 0.15) is 58.9 Å². The topological polar surface area (TPSA) is 30.5 Å². The lowest BCUT2D eigenvalue weighted by molar-refractivity contribution is 0.00578. The van der Waals surface area contributed by atoms with Crippen molar-refractivity contribution >= 4 is 12.7 Å². The van der Waals surface area contributed by atoms with Gasteiger partial charge in [-0.1, -0.05) is 30.3 Å². The van der Waals surface area contributed by atoms with E-state index in [-0.39, 0.29) is 11.6 Å². The molecule has 3 heterocycles. The van der Waals surface area contributed by atoms with Crippen LogP contribution in [0.3, 0.4) is 0 Å². The Hall–Kier alpha value is -1.17. The van der Waals surface area contributed by atoms with Gasteiger partial charge >= 0.3 is 7.12 Å². The van der Waals surface area contributed by atoms with Gasteiger partial charge in [-0.05, 0) is 70.4 Å². The molecule has 2 atom stereocenters. The highest BCUT2D eigenvalue weighted by molar-refractivity contribution is 6.55. The highest BCUT2D eigenvalue weighted by atomic mass is 19.1. The molecule has 1 aromatic carbocycles. The van der Waals surface area contributed by atoms with Crippen LogP contribution < -0.4 is 5.32 Å². The first kappa shape index (κ1) is 18.2. The highest BCUT2D eigenvalue weighted by Crippen LogP contribution is 2.44. The Labute approximate surface area is 156 Å². The number of allylic oxidation sites excluding steroid dienone is 1. The second kappa shape index (κ2) is 6.47. The van der Waals surface area contributed by atoms with Crippen LogP contribution in [0.2, 0.25) is 0 Å².